The third-order valence-electron chi connectivity index (χ3n) is 3.06. The lowest BCUT2D eigenvalue weighted by Gasteiger charge is -2.31. The predicted octanol–water partition coefficient (Wildman–Crippen LogP) is 1.89. The Kier molecular flexibility index (Phi) is 3.93. The van der Waals surface area contributed by atoms with Crippen molar-refractivity contribution in [3.05, 3.63) is 0 Å². The molecule has 3 unspecified atom stereocenters. The molecular formula is C11H20O3. The van der Waals surface area contributed by atoms with E-state index in [1.165, 1.54) is 0 Å². The molecule has 0 bridgehead atoms. The van der Waals surface area contributed by atoms with Crippen molar-refractivity contribution >= 4 is 5.97 Å². The van der Waals surface area contributed by atoms with Crippen molar-refractivity contribution in [3.8, 4) is 0 Å². The second-order valence-electron chi connectivity index (χ2n) is 4.80. The summed E-state index contributed by atoms with van der Waals surface area (Å²) < 4.78 is 0. The number of carboxylic acid groups (broad SMARTS) is 1. The number of hydrogen-bond acceptors (Lipinski definition) is 2. The molecule has 1 rings (SSSR count). The smallest absolute Gasteiger partial charge is 0.306 e. The van der Waals surface area contributed by atoms with Crippen LogP contribution in [0, 0.1) is 17.8 Å². The van der Waals surface area contributed by atoms with Gasteiger partial charge >= 0.3 is 5.97 Å². The molecular weight excluding hydrogens is 180 g/mol. The van der Waals surface area contributed by atoms with Gasteiger partial charge in [0, 0.05) is 0 Å². The third-order valence-corrected chi connectivity index (χ3v) is 3.06. The van der Waals surface area contributed by atoms with E-state index in [0.29, 0.717) is 11.8 Å². The van der Waals surface area contributed by atoms with Gasteiger partial charge in [-0.3, -0.25) is 4.79 Å². The van der Waals surface area contributed by atoms with E-state index in [1.54, 1.807) is 6.92 Å². The topological polar surface area (TPSA) is 57.5 Å². The van der Waals surface area contributed by atoms with Crippen LogP contribution in [0.2, 0.25) is 0 Å². The number of carbonyl (C=O) groups is 1. The van der Waals surface area contributed by atoms with Crippen molar-refractivity contribution in [3.63, 3.8) is 0 Å². The highest BCUT2D eigenvalue weighted by atomic mass is 16.4. The second kappa shape index (κ2) is 4.78. The van der Waals surface area contributed by atoms with E-state index >= 15 is 0 Å². The Morgan fingerprint density at radius 2 is 2.07 bits per heavy atom. The van der Waals surface area contributed by atoms with Crippen molar-refractivity contribution in [2.24, 2.45) is 17.8 Å². The minimum absolute atomic E-state index is 0.192. The third kappa shape index (κ3) is 3.29. The van der Waals surface area contributed by atoms with Crippen LogP contribution in [0.5, 0.6) is 0 Å². The predicted molar refractivity (Wildman–Crippen MR) is 53.9 cm³/mol. The minimum Gasteiger partial charge on any atom is -0.481 e. The molecule has 1 aliphatic carbocycles. The average Bonchev–Trinajstić information content (AvgIpc) is 2.01. The molecule has 2 N–H and O–H groups in total. The standard InChI is InChI=1S/C11H20O3/c1-7-3-9(5-8(2)12)6-10(4-7)11(13)14/h7-10,12H,3-6H2,1-2H3,(H,13,14)/t7?,8?,9?,10-/m1/s1. The van der Waals surface area contributed by atoms with Gasteiger partial charge in [0.25, 0.3) is 0 Å². The Balaban J connectivity index is 2.49. The molecule has 4 atom stereocenters. The molecule has 14 heavy (non-hydrogen) atoms. The van der Waals surface area contributed by atoms with Gasteiger partial charge in [0.15, 0.2) is 0 Å². The van der Waals surface area contributed by atoms with Crippen molar-refractivity contribution in [2.75, 3.05) is 0 Å². The molecule has 1 saturated carbocycles. The van der Waals surface area contributed by atoms with Crippen LogP contribution < -0.4 is 0 Å². The Hall–Kier alpha value is -0.570. The zero-order valence-corrected chi connectivity index (χ0v) is 8.94. The van der Waals surface area contributed by atoms with E-state index < -0.39 is 5.97 Å². The van der Waals surface area contributed by atoms with Crippen LogP contribution in [0.15, 0.2) is 0 Å². The van der Waals surface area contributed by atoms with Crippen LogP contribution in [-0.4, -0.2) is 22.3 Å². The van der Waals surface area contributed by atoms with Crippen LogP contribution >= 0.6 is 0 Å². The van der Waals surface area contributed by atoms with Gasteiger partial charge in [0.1, 0.15) is 0 Å². The summed E-state index contributed by atoms with van der Waals surface area (Å²) >= 11 is 0. The fourth-order valence-corrected chi connectivity index (χ4v) is 2.62. The molecule has 0 spiro atoms. The highest BCUT2D eigenvalue weighted by Crippen LogP contribution is 2.35. The summed E-state index contributed by atoms with van der Waals surface area (Å²) in [6, 6.07) is 0. The van der Waals surface area contributed by atoms with Gasteiger partial charge in [0.2, 0.25) is 0 Å². The largest absolute Gasteiger partial charge is 0.481 e. The minimum atomic E-state index is -0.674. The van der Waals surface area contributed by atoms with Gasteiger partial charge < -0.3 is 10.2 Å². The Labute approximate surface area is 85.1 Å². The molecule has 0 aliphatic heterocycles. The lowest BCUT2D eigenvalue weighted by Crippen LogP contribution is -2.28. The first-order valence-corrected chi connectivity index (χ1v) is 5.40. The van der Waals surface area contributed by atoms with Crippen LogP contribution in [0.25, 0.3) is 0 Å². The van der Waals surface area contributed by atoms with Gasteiger partial charge in [-0.1, -0.05) is 6.92 Å². The molecule has 0 heterocycles. The molecule has 82 valence electrons. The van der Waals surface area contributed by atoms with Crippen LogP contribution in [0.1, 0.15) is 39.5 Å². The van der Waals surface area contributed by atoms with Gasteiger partial charge in [-0.25, -0.2) is 0 Å². The van der Waals surface area contributed by atoms with Gasteiger partial charge in [-0.2, -0.15) is 0 Å². The van der Waals surface area contributed by atoms with E-state index in [9.17, 15) is 9.90 Å². The highest BCUT2D eigenvalue weighted by molar-refractivity contribution is 5.70. The fourth-order valence-electron chi connectivity index (χ4n) is 2.62. The molecule has 0 aromatic heterocycles. The molecule has 1 fully saturated rings. The molecule has 1 aliphatic rings. The van der Waals surface area contributed by atoms with Crippen LogP contribution in [0.4, 0.5) is 0 Å². The fraction of sp³-hybridized carbons (Fsp3) is 0.909. The average molecular weight is 200 g/mol. The molecule has 0 aromatic carbocycles. The van der Waals surface area contributed by atoms with Gasteiger partial charge in [0.05, 0.1) is 12.0 Å². The second-order valence-corrected chi connectivity index (χ2v) is 4.80. The van der Waals surface area contributed by atoms with E-state index in [0.717, 1.165) is 25.7 Å². The molecule has 3 nitrogen and oxygen atoms in total. The molecule has 0 radical (unpaired) electrons. The Morgan fingerprint density at radius 1 is 1.43 bits per heavy atom. The normalized spacial score (nSPS) is 35.2. The number of carboxylic acids is 1. The molecule has 0 saturated heterocycles. The number of hydrogen-bond donors (Lipinski definition) is 2. The molecule has 0 amide bonds. The van der Waals surface area contributed by atoms with E-state index in [1.807, 2.05) is 0 Å². The highest BCUT2D eigenvalue weighted by Gasteiger charge is 2.31. The summed E-state index contributed by atoms with van der Waals surface area (Å²) in [5.41, 5.74) is 0. The monoisotopic (exact) mass is 200 g/mol. The van der Waals surface area contributed by atoms with Crippen molar-refractivity contribution in [2.45, 2.75) is 45.6 Å². The summed E-state index contributed by atoms with van der Waals surface area (Å²) in [6.07, 6.45) is 3.04. The molecule has 0 aromatic rings. The quantitative estimate of drug-likeness (QED) is 0.731. The Bertz CT molecular complexity index is 199. The van der Waals surface area contributed by atoms with E-state index in [-0.39, 0.29) is 12.0 Å². The number of aliphatic hydroxyl groups excluding tert-OH is 1. The zero-order valence-electron chi connectivity index (χ0n) is 8.94. The van der Waals surface area contributed by atoms with Crippen molar-refractivity contribution in [1.82, 2.24) is 0 Å². The zero-order chi connectivity index (χ0) is 10.7. The van der Waals surface area contributed by atoms with Crippen molar-refractivity contribution in [1.29, 1.82) is 0 Å². The van der Waals surface area contributed by atoms with E-state index in [2.05, 4.69) is 6.92 Å². The SMILES string of the molecule is CC(O)CC1CC(C)C[C@@H](C(=O)O)C1. The number of aliphatic hydroxyl groups is 1. The summed E-state index contributed by atoms with van der Waals surface area (Å²) in [6.45, 7) is 3.87. The first-order chi connectivity index (χ1) is 6.49. The maximum absolute atomic E-state index is 10.9. The van der Waals surface area contributed by atoms with Gasteiger partial charge in [-0.05, 0) is 44.4 Å². The maximum atomic E-state index is 10.9. The lowest BCUT2D eigenvalue weighted by atomic mass is 9.74. The maximum Gasteiger partial charge on any atom is 0.306 e. The van der Waals surface area contributed by atoms with Crippen LogP contribution in [0.3, 0.4) is 0 Å². The summed E-state index contributed by atoms with van der Waals surface area (Å²) in [5.74, 6) is 0.00286. The summed E-state index contributed by atoms with van der Waals surface area (Å²) in [4.78, 5) is 10.9. The Morgan fingerprint density at radius 3 is 2.57 bits per heavy atom. The molecule has 3 heteroatoms. The summed E-state index contributed by atoms with van der Waals surface area (Å²) in [5, 5.41) is 18.2. The summed E-state index contributed by atoms with van der Waals surface area (Å²) in [7, 11) is 0. The van der Waals surface area contributed by atoms with Crippen LogP contribution in [-0.2, 0) is 4.79 Å². The number of rotatable bonds is 3. The first-order valence-electron chi connectivity index (χ1n) is 5.40. The van der Waals surface area contributed by atoms with E-state index in [4.69, 9.17) is 5.11 Å². The first kappa shape index (κ1) is 11.5. The number of aliphatic carboxylic acids is 1. The lowest BCUT2D eigenvalue weighted by molar-refractivity contribution is -0.144. The van der Waals surface area contributed by atoms with Gasteiger partial charge in [-0.15, -0.1) is 0 Å². The van der Waals surface area contributed by atoms with Crippen molar-refractivity contribution < 1.29 is 15.0 Å².